The maximum Gasteiger partial charge on any atom is 0.312 e. The van der Waals surface area contributed by atoms with Crippen LogP contribution < -0.4 is 5.43 Å². The molecular formula is C23H24N2O5. The molecule has 156 valence electrons. The molecule has 0 unspecified atom stereocenters. The molecule has 0 aromatic heterocycles. The van der Waals surface area contributed by atoms with Gasteiger partial charge in [0.15, 0.2) is 6.10 Å². The number of nitrogens with one attached hydrogen (secondary N) is 1. The molecule has 0 aliphatic carbocycles. The van der Waals surface area contributed by atoms with Crippen molar-refractivity contribution in [2.45, 2.75) is 32.8 Å². The van der Waals surface area contributed by atoms with Gasteiger partial charge in [-0.3, -0.25) is 29.6 Å². The highest BCUT2D eigenvalue weighted by Gasteiger charge is 2.38. The smallest absolute Gasteiger partial charge is 0.312 e. The average molecular weight is 408 g/mol. The molecule has 0 spiro atoms. The number of ether oxygens (including phenoxy) is 1. The van der Waals surface area contributed by atoms with Crippen LogP contribution in [-0.2, 0) is 14.3 Å². The van der Waals surface area contributed by atoms with E-state index in [1.807, 2.05) is 13.0 Å². The Balaban J connectivity index is 1.60. The monoisotopic (exact) mass is 408 g/mol. The van der Waals surface area contributed by atoms with E-state index >= 15 is 0 Å². The Hall–Kier alpha value is -3.48. The summed E-state index contributed by atoms with van der Waals surface area (Å²) in [5.41, 5.74) is 4.35. The molecule has 0 radical (unpaired) electrons. The van der Waals surface area contributed by atoms with Crippen LogP contribution in [0.15, 0.2) is 54.6 Å². The number of Topliss-reactive ketones (excluding diaryl/α,β-unsaturated/α-hetero) is 1. The van der Waals surface area contributed by atoms with E-state index in [0.29, 0.717) is 17.5 Å². The second-order valence-corrected chi connectivity index (χ2v) is 7.28. The van der Waals surface area contributed by atoms with Crippen LogP contribution >= 0.6 is 0 Å². The van der Waals surface area contributed by atoms with Crippen LogP contribution in [0, 0.1) is 12.8 Å². The van der Waals surface area contributed by atoms with E-state index < -0.39 is 23.9 Å². The van der Waals surface area contributed by atoms with E-state index in [1.54, 1.807) is 55.5 Å². The maximum absolute atomic E-state index is 12.6. The molecular weight excluding hydrogens is 384 g/mol. The number of rotatable bonds is 7. The number of amides is 2. The topological polar surface area (TPSA) is 92.8 Å². The largest absolute Gasteiger partial charge is 0.454 e. The number of nitrogens with zero attached hydrogens (tertiary/aromatic N) is 1. The summed E-state index contributed by atoms with van der Waals surface area (Å²) in [5.74, 6) is -2.44. The van der Waals surface area contributed by atoms with Crippen LogP contribution in [0.25, 0.3) is 0 Å². The Morgan fingerprint density at radius 1 is 1.10 bits per heavy atom. The van der Waals surface area contributed by atoms with Crippen LogP contribution in [0.2, 0.25) is 0 Å². The molecule has 1 N–H and O–H groups in total. The van der Waals surface area contributed by atoms with Gasteiger partial charge in [-0.25, -0.2) is 0 Å². The zero-order valence-electron chi connectivity index (χ0n) is 17.0. The van der Waals surface area contributed by atoms with Crippen LogP contribution in [-0.4, -0.2) is 41.2 Å². The van der Waals surface area contributed by atoms with E-state index in [9.17, 15) is 19.2 Å². The van der Waals surface area contributed by atoms with E-state index in [1.165, 1.54) is 0 Å². The summed E-state index contributed by atoms with van der Waals surface area (Å²) in [6, 6.07) is 15.6. The molecule has 1 fully saturated rings. The van der Waals surface area contributed by atoms with Crippen molar-refractivity contribution in [2.75, 3.05) is 6.54 Å². The number of benzene rings is 2. The van der Waals surface area contributed by atoms with Gasteiger partial charge in [0.1, 0.15) is 0 Å². The second-order valence-electron chi connectivity index (χ2n) is 7.28. The van der Waals surface area contributed by atoms with Gasteiger partial charge in [-0.15, -0.1) is 0 Å². The third-order valence-electron chi connectivity index (χ3n) is 4.96. The quantitative estimate of drug-likeness (QED) is 0.562. The number of hydrogen-bond acceptors (Lipinski definition) is 5. The van der Waals surface area contributed by atoms with Gasteiger partial charge in [0.2, 0.25) is 11.7 Å². The van der Waals surface area contributed by atoms with Crippen molar-refractivity contribution in [1.29, 1.82) is 0 Å². The maximum atomic E-state index is 12.6. The number of carbonyl (C=O) groups is 4. The molecule has 2 aromatic rings. The summed E-state index contributed by atoms with van der Waals surface area (Å²) in [6.45, 7) is 3.63. The molecule has 7 nitrogen and oxygen atoms in total. The number of hydrogen-bond donors (Lipinski definition) is 1. The van der Waals surface area contributed by atoms with Gasteiger partial charge in [0, 0.05) is 17.5 Å². The highest BCUT2D eigenvalue weighted by molar-refractivity contribution is 6.01. The van der Waals surface area contributed by atoms with Gasteiger partial charge in [-0.05, 0) is 25.5 Å². The molecule has 1 saturated heterocycles. The molecule has 0 saturated carbocycles. The van der Waals surface area contributed by atoms with Crippen molar-refractivity contribution in [2.24, 2.45) is 5.92 Å². The summed E-state index contributed by atoms with van der Waals surface area (Å²) in [4.78, 5) is 49.8. The summed E-state index contributed by atoms with van der Waals surface area (Å²) >= 11 is 0. The Labute approximate surface area is 175 Å². The number of esters is 1. The van der Waals surface area contributed by atoms with Crippen LogP contribution in [0.5, 0.6) is 0 Å². The summed E-state index contributed by atoms with van der Waals surface area (Å²) in [5, 5.41) is 1.14. The number of hydrazine groups is 1. The van der Waals surface area contributed by atoms with Crippen molar-refractivity contribution in [1.82, 2.24) is 10.4 Å². The van der Waals surface area contributed by atoms with E-state index in [0.717, 1.165) is 10.6 Å². The van der Waals surface area contributed by atoms with Gasteiger partial charge in [0.25, 0.3) is 5.91 Å². The zero-order valence-corrected chi connectivity index (χ0v) is 17.0. The molecule has 1 aliphatic heterocycles. The van der Waals surface area contributed by atoms with Crippen molar-refractivity contribution in [3.63, 3.8) is 0 Å². The highest BCUT2D eigenvalue weighted by Crippen LogP contribution is 2.20. The molecule has 1 aliphatic rings. The summed E-state index contributed by atoms with van der Waals surface area (Å²) in [7, 11) is 0. The zero-order chi connectivity index (χ0) is 21.7. The van der Waals surface area contributed by atoms with E-state index in [-0.39, 0.29) is 24.7 Å². The van der Waals surface area contributed by atoms with Crippen LogP contribution in [0.4, 0.5) is 0 Å². The SMILES string of the molecule is CC[C@@H](OC(=O)[C@@H]1CC(=O)N(NC(=O)c2cccc(C)c2)C1)C(=O)c1ccccc1. The highest BCUT2D eigenvalue weighted by atomic mass is 16.5. The van der Waals surface area contributed by atoms with Gasteiger partial charge >= 0.3 is 5.97 Å². The lowest BCUT2D eigenvalue weighted by atomic mass is 10.0. The predicted molar refractivity (Wildman–Crippen MR) is 109 cm³/mol. The fourth-order valence-corrected chi connectivity index (χ4v) is 3.29. The fraction of sp³-hybridized carbons (Fsp3) is 0.304. The van der Waals surface area contributed by atoms with Gasteiger partial charge in [0.05, 0.1) is 12.5 Å². The molecule has 2 amide bonds. The summed E-state index contributed by atoms with van der Waals surface area (Å²) < 4.78 is 5.42. The first-order valence-electron chi connectivity index (χ1n) is 9.86. The lowest BCUT2D eigenvalue weighted by molar-refractivity contribution is -0.151. The first kappa shape index (κ1) is 21.2. The molecule has 3 rings (SSSR count). The normalized spacial score (nSPS) is 16.8. The number of aryl methyl sites for hydroxylation is 1. The third kappa shape index (κ3) is 4.92. The lowest BCUT2D eigenvalue weighted by Crippen LogP contribution is -2.43. The first-order valence-corrected chi connectivity index (χ1v) is 9.86. The van der Waals surface area contributed by atoms with Crippen molar-refractivity contribution in [3.8, 4) is 0 Å². The van der Waals surface area contributed by atoms with Crippen LogP contribution in [0.3, 0.4) is 0 Å². The third-order valence-corrected chi connectivity index (χ3v) is 4.96. The first-order chi connectivity index (χ1) is 14.4. The molecule has 2 atom stereocenters. The van der Waals surface area contributed by atoms with Crippen LogP contribution in [0.1, 0.15) is 46.0 Å². The van der Waals surface area contributed by atoms with Crippen molar-refractivity contribution in [3.05, 3.63) is 71.3 Å². The minimum absolute atomic E-state index is 0.00514. The minimum atomic E-state index is -0.911. The van der Waals surface area contributed by atoms with Gasteiger partial charge in [-0.2, -0.15) is 0 Å². The van der Waals surface area contributed by atoms with Gasteiger partial charge in [-0.1, -0.05) is 55.0 Å². The molecule has 2 aromatic carbocycles. The van der Waals surface area contributed by atoms with Crippen molar-refractivity contribution >= 4 is 23.6 Å². The average Bonchev–Trinajstić information content (AvgIpc) is 3.12. The lowest BCUT2D eigenvalue weighted by Gasteiger charge is -2.19. The standard InChI is InChI=1S/C23H24N2O5/c1-3-19(21(27)16-9-5-4-6-10-16)30-23(29)18-13-20(26)25(14-18)24-22(28)17-11-7-8-15(2)12-17/h4-12,18-19H,3,13-14H2,1-2H3,(H,24,28)/t18-,19-/m1/s1. The second kappa shape index (κ2) is 9.35. The minimum Gasteiger partial charge on any atom is -0.454 e. The fourth-order valence-electron chi connectivity index (χ4n) is 3.29. The molecule has 7 heteroatoms. The van der Waals surface area contributed by atoms with E-state index in [4.69, 9.17) is 4.74 Å². The predicted octanol–water partition coefficient (Wildman–Crippen LogP) is 2.69. The molecule has 0 bridgehead atoms. The molecule has 1 heterocycles. The van der Waals surface area contributed by atoms with Gasteiger partial charge < -0.3 is 4.74 Å². The Morgan fingerprint density at radius 2 is 1.80 bits per heavy atom. The Morgan fingerprint density at radius 3 is 2.47 bits per heavy atom. The number of ketones is 1. The van der Waals surface area contributed by atoms with E-state index in [2.05, 4.69) is 5.43 Å². The summed E-state index contributed by atoms with van der Waals surface area (Å²) in [6.07, 6.45) is -0.664. The molecule has 30 heavy (non-hydrogen) atoms. The number of carbonyl (C=O) groups excluding carboxylic acids is 4. The van der Waals surface area contributed by atoms with Crippen molar-refractivity contribution < 1.29 is 23.9 Å². The Bertz CT molecular complexity index is 957. The Kier molecular flexibility index (Phi) is 6.61.